The van der Waals surface area contributed by atoms with Gasteiger partial charge in [-0.05, 0) is 18.6 Å². The van der Waals surface area contributed by atoms with Gasteiger partial charge in [0.1, 0.15) is 6.23 Å². The van der Waals surface area contributed by atoms with Gasteiger partial charge in [-0.25, -0.2) is 0 Å². The number of ketones is 1. The van der Waals surface area contributed by atoms with E-state index in [9.17, 15) is 9.90 Å². The van der Waals surface area contributed by atoms with Gasteiger partial charge in [-0.1, -0.05) is 18.2 Å². The van der Waals surface area contributed by atoms with E-state index in [1.165, 1.54) is 0 Å². The molecule has 3 heteroatoms. The van der Waals surface area contributed by atoms with E-state index in [4.69, 9.17) is 0 Å². The van der Waals surface area contributed by atoms with Crippen LogP contribution in [-0.2, 0) is 0 Å². The van der Waals surface area contributed by atoms with Crippen LogP contribution in [0.15, 0.2) is 30.3 Å². The Labute approximate surface area is 86.9 Å². The standard InChI is InChI=1S/C12H11NO2/c14-11-5-6-12(15)13-9-4-2-1-3-8(9)7-10(11)13/h1-4,7,12,15H,5-6H2. The molecule has 0 fully saturated rings. The van der Waals surface area contributed by atoms with Gasteiger partial charge in [-0.3, -0.25) is 4.79 Å². The van der Waals surface area contributed by atoms with Crippen molar-refractivity contribution in [3.8, 4) is 0 Å². The van der Waals surface area contributed by atoms with Crippen molar-refractivity contribution < 1.29 is 9.90 Å². The number of Topliss-reactive ketones (excluding diaryl/α,β-unsaturated/α-hetero) is 1. The van der Waals surface area contributed by atoms with Crippen LogP contribution in [0.25, 0.3) is 10.9 Å². The highest BCUT2D eigenvalue weighted by atomic mass is 16.3. The van der Waals surface area contributed by atoms with Crippen molar-refractivity contribution in [3.05, 3.63) is 36.0 Å². The minimum atomic E-state index is -0.558. The van der Waals surface area contributed by atoms with Crippen molar-refractivity contribution in [1.82, 2.24) is 4.57 Å². The summed E-state index contributed by atoms with van der Waals surface area (Å²) in [5.74, 6) is 0.122. The molecule has 1 atom stereocenters. The minimum absolute atomic E-state index is 0.122. The first-order valence-electron chi connectivity index (χ1n) is 5.08. The van der Waals surface area contributed by atoms with Gasteiger partial charge in [0.25, 0.3) is 0 Å². The van der Waals surface area contributed by atoms with Gasteiger partial charge in [0.2, 0.25) is 0 Å². The molecule has 0 spiro atoms. The lowest BCUT2D eigenvalue weighted by Crippen LogP contribution is -2.21. The van der Waals surface area contributed by atoms with Crippen LogP contribution in [0.2, 0.25) is 0 Å². The SMILES string of the molecule is O=C1CCC(O)n2c1cc1ccccc12. The fourth-order valence-corrected chi connectivity index (χ4v) is 2.23. The fourth-order valence-electron chi connectivity index (χ4n) is 2.23. The summed E-state index contributed by atoms with van der Waals surface area (Å²) in [4.78, 5) is 11.7. The normalized spacial score (nSPS) is 20.6. The number of rotatable bonds is 0. The van der Waals surface area contributed by atoms with E-state index in [-0.39, 0.29) is 5.78 Å². The zero-order valence-electron chi connectivity index (χ0n) is 8.18. The molecule has 1 unspecified atom stereocenters. The Morgan fingerprint density at radius 3 is 3.00 bits per heavy atom. The third kappa shape index (κ3) is 1.13. The van der Waals surface area contributed by atoms with E-state index < -0.39 is 6.23 Å². The molecule has 0 amide bonds. The molecule has 0 bridgehead atoms. The number of fused-ring (bicyclic) bond motifs is 3. The van der Waals surface area contributed by atoms with E-state index in [1.807, 2.05) is 30.3 Å². The van der Waals surface area contributed by atoms with Crippen molar-refractivity contribution >= 4 is 16.7 Å². The van der Waals surface area contributed by atoms with E-state index >= 15 is 0 Å². The van der Waals surface area contributed by atoms with Gasteiger partial charge in [-0.2, -0.15) is 0 Å². The second kappa shape index (κ2) is 2.94. The number of carbonyl (C=O) groups excluding carboxylic acids is 1. The van der Waals surface area contributed by atoms with Gasteiger partial charge in [0.05, 0.1) is 11.2 Å². The van der Waals surface area contributed by atoms with Crippen LogP contribution >= 0.6 is 0 Å². The third-order valence-corrected chi connectivity index (χ3v) is 2.96. The van der Waals surface area contributed by atoms with Crippen molar-refractivity contribution in [3.63, 3.8) is 0 Å². The molecule has 1 aliphatic rings. The predicted molar refractivity (Wildman–Crippen MR) is 56.8 cm³/mol. The van der Waals surface area contributed by atoms with Crippen LogP contribution in [0.5, 0.6) is 0 Å². The largest absolute Gasteiger partial charge is 0.373 e. The fraction of sp³-hybridized carbons (Fsp3) is 0.250. The molecule has 3 nitrogen and oxygen atoms in total. The van der Waals surface area contributed by atoms with Crippen molar-refractivity contribution in [2.24, 2.45) is 0 Å². The number of para-hydroxylation sites is 1. The second-order valence-electron chi connectivity index (χ2n) is 3.90. The number of hydrogen-bond donors (Lipinski definition) is 1. The maximum absolute atomic E-state index is 11.7. The van der Waals surface area contributed by atoms with Gasteiger partial charge in [0.15, 0.2) is 5.78 Å². The highest BCUT2D eigenvalue weighted by Gasteiger charge is 2.25. The van der Waals surface area contributed by atoms with Gasteiger partial charge in [-0.15, -0.1) is 0 Å². The molecule has 15 heavy (non-hydrogen) atoms. The average molecular weight is 201 g/mol. The molecule has 2 heterocycles. The molecule has 0 radical (unpaired) electrons. The first-order valence-corrected chi connectivity index (χ1v) is 5.08. The highest BCUT2D eigenvalue weighted by Crippen LogP contribution is 2.30. The van der Waals surface area contributed by atoms with Crippen molar-refractivity contribution in [2.75, 3.05) is 0 Å². The third-order valence-electron chi connectivity index (χ3n) is 2.96. The number of nitrogens with zero attached hydrogens (tertiary/aromatic N) is 1. The Kier molecular flexibility index (Phi) is 1.70. The summed E-state index contributed by atoms with van der Waals surface area (Å²) < 4.78 is 1.74. The van der Waals surface area contributed by atoms with Gasteiger partial charge < -0.3 is 9.67 Å². The molecule has 3 rings (SSSR count). The average Bonchev–Trinajstić information content (AvgIpc) is 2.64. The molecule has 0 aliphatic carbocycles. The Morgan fingerprint density at radius 2 is 2.13 bits per heavy atom. The van der Waals surface area contributed by atoms with Gasteiger partial charge >= 0.3 is 0 Å². The Hall–Kier alpha value is -1.61. The van der Waals surface area contributed by atoms with Crippen LogP contribution in [0.4, 0.5) is 0 Å². The van der Waals surface area contributed by atoms with E-state index in [0.29, 0.717) is 18.5 Å². The maximum atomic E-state index is 11.7. The smallest absolute Gasteiger partial charge is 0.179 e. The van der Waals surface area contributed by atoms with Crippen molar-refractivity contribution in [2.45, 2.75) is 19.1 Å². The van der Waals surface area contributed by atoms with Crippen LogP contribution in [0.1, 0.15) is 29.6 Å². The molecule has 1 aromatic carbocycles. The van der Waals surface area contributed by atoms with E-state index in [0.717, 1.165) is 10.9 Å². The second-order valence-corrected chi connectivity index (χ2v) is 3.90. The molecular formula is C12H11NO2. The molecular weight excluding hydrogens is 190 g/mol. The molecule has 1 aliphatic heterocycles. The summed E-state index contributed by atoms with van der Waals surface area (Å²) in [5, 5.41) is 10.9. The van der Waals surface area contributed by atoms with Crippen LogP contribution in [-0.4, -0.2) is 15.5 Å². The summed E-state index contributed by atoms with van der Waals surface area (Å²) in [6, 6.07) is 9.61. The summed E-state index contributed by atoms with van der Waals surface area (Å²) >= 11 is 0. The number of aliphatic hydroxyl groups is 1. The monoisotopic (exact) mass is 201 g/mol. The predicted octanol–water partition coefficient (Wildman–Crippen LogP) is 2.11. The number of hydrogen-bond acceptors (Lipinski definition) is 2. The van der Waals surface area contributed by atoms with Crippen molar-refractivity contribution in [1.29, 1.82) is 0 Å². The topological polar surface area (TPSA) is 42.2 Å². The molecule has 0 saturated carbocycles. The first kappa shape index (κ1) is 8.68. The van der Waals surface area contributed by atoms with E-state index in [1.54, 1.807) is 4.57 Å². The Balaban J connectivity index is 2.38. The maximum Gasteiger partial charge on any atom is 0.179 e. The molecule has 0 saturated heterocycles. The summed E-state index contributed by atoms with van der Waals surface area (Å²) in [6.07, 6.45) is 0.403. The lowest BCUT2D eigenvalue weighted by Gasteiger charge is -2.21. The van der Waals surface area contributed by atoms with Gasteiger partial charge in [0, 0.05) is 11.8 Å². The molecule has 1 aromatic heterocycles. The molecule has 2 aromatic rings. The zero-order valence-corrected chi connectivity index (χ0v) is 8.18. The number of carbonyl (C=O) groups is 1. The number of benzene rings is 1. The van der Waals surface area contributed by atoms with E-state index in [2.05, 4.69) is 0 Å². The lowest BCUT2D eigenvalue weighted by atomic mass is 10.1. The lowest BCUT2D eigenvalue weighted by molar-refractivity contribution is 0.0665. The number of aliphatic hydroxyl groups excluding tert-OH is 1. The van der Waals surface area contributed by atoms with Crippen LogP contribution in [0.3, 0.4) is 0 Å². The minimum Gasteiger partial charge on any atom is -0.373 e. The molecule has 76 valence electrons. The Morgan fingerprint density at radius 1 is 1.33 bits per heavy atom. The quantitative estimate of drug-likeness (QED) is 0.709. The summed E-state index contributed by atoms with van der Waals surface area (Å²) in [7, 11) is 0. The first-order chi connectivity index (χ1) is 7.27. The van der Waals surface area contributed by atoms with Crippen LogP contribution in [0, 0.1) is 0 Å². The van der Waals surface area contributed by atoms with Crippen LogP contribution < -0.4 is 0 Å². The number of aromatic nitrogens is 1. The highest BCUT2D eigenvalue weighted by molar-refractivity contribution is 6.00. The Bertz CT molecular complexity index is 542. The molecule has 1 N–H and O–H groups in total. The zero-order chi connectivity index (χ0) is 10.4. The summed E-state index contributed by atoms with van der Waals surface area (Å²) in [5.41, 5.74) is 1.57. The summed E-state index contributed by atoms with van der Waals surface area (Å²) in [6.45, 7) is 0.